The lowest BCUT2D eigenvalue weighted by molar-refractivity contribution is -0.141. The van der Waals surface area contributed by atoms with E-state index in [9.17, 15) is 18.3 Å². The first kappa shape index (κ1) is 11.5. The summed E-state index contributed by atoms with van der Waals surface area (Å²) in [5.74, 6) is 0.425. The highest BCUT2D eigenvalue weighted by Crippen LogP contribution is 2.57. The molecule has 0 spiro atoms. The molecule has 17 heavy (non-hydrogen) atoms. The average Bonchev–Trinajstić information content (AvgIpc) is 2.90. The Kier molecular flexibility index (Phi) is 2.36. The lowest BCUT2D eigenvalue weighted by Gasteiger charge is -2.33. The quantitative estimate of drug-likeness (QED) is 0.816. The first-order chi connectivity index (χ1) is 7.91. The highest BCUT2D eigenvalue weighted by atomic mass is 32.1. The van der Waals surface area contributed by atoms with Crippen LogP contribution < -0.4 is 0 Å². The maximum atomic E-state index is 12.8. The number of alkyl halides is 3. The molecule has 3 unspecified atom stereocenters. The molecule has 1 N–H and O–H groups in total. The first-order valence-corrected chi connectivity index (χ1v) is 6.72. The third-order valence-electron chi connectivity index (χ3n) is 4.25. The summed E-state index contributed by atoms with van der Waals surface area (Å²) in [6.07, 6.45) is -1.07. The van der Waals surface area contributed by atoms with Crippen molar-refractivity contribution in [2.24, 2.45) is 11.8 Å². The highest BCUT2D eigenvalue weighted by Gasteiger charge is 2.53. The second kappa shape index (κ2) is 3.48. The van der Waals surface area contributed by atoms with Crippen molar-refractivity contribution in [3.8, 4) is 0 Å². The van der Waals surface area contributed by atoms with Gasteiger partial charge in [-0.15, -0.1) is 0 Å². The van der Waals surface area contributed by atoms with Crippen LogP contribution in [0.1, 0.15) is 36.8 Å². The zero-order valence-electron chi connectivity index (χ0n) is 9.13. The van der Waals surface area contributed by atoms with Crippen molar-refractivity contribution < 1.29 is 18.3 Å². The van der Waals surface area contributed by atoms with Crippen molar-refractivity contribution in [2.75, 3.05) is 0 Å². The molecule has 0 aliphatic heterocycles. The molecule has 0 radical (unpaired) electrons. The normalized spacial score (nSPS) is 36.7. The standard InChI is InChI=1S/C12H13F3OS/c13-12(14,15)10-6-17-5-9(10)11(16)4-7-1-2-8(11)3-7/h5-8,16H,1-4H2. The van der Waals surface area contributed by atoms with E-state index in [1.807, 2.05) is 0 Å². The summed E-state index contributed by atoms with van der Waals surface area (Å²) in [6, 6.07) is 0. The maximum absolute atomic E-state index is 12.8. The average molecular weight is 262 g/mol. The molecule has 0 amide bonds. The summed E-state index contributed by atoms with van der Waals surface area (Å²) in [5.41, 5.74) is -1.76. The SMILES string of the molecule is OC1(c2cscc2C(F)(F)F)CC2CCC1C2. The van der Waals surface area contributed by atoms with Crippen LogP contribution >= 0.6 is 11.3 Å². The Morgan fingerprint density at radius 1 is 1.29 bits per heavy atom. The summed E-state index contributed by atoms with van der Waals surface area (Å²) < 4.78 is 38.5. The second-order valence-electron chi connectivity index (χ2n) is 5.20. The Bertz CT molecular complexity index is 439. The Morgan fingerprint density at radius 2 is 2.06 bits per heavy atom. The molecule has 3 atom stereocenters. The van der Waals surface area contributed by atoms with E-state index in [2.05, 4.69) is 0 Å². The Hall–Kier alpha value is -0.550. The van der Waals surface area contributed by atoms with Crippen LogP contribution in [-0.2, 0) is 11.8 Å². The lowest BCUT2D eigenvalue weighted by atomic mass is 9.78. The van der Waals surface area contributed by atoms with E-state index in [1.54, 1.807) is 0 Å². The topological polar surface area (TPSA) is 20.2 Å². The Balaban J connectivity index is 2.03. The van der Waals surface area contributed by atoms with Crippen molar-refractivity contribution in [3.63, 3.8) is 0 Å². The van der Waals surface area contributed by atoms with E-state index in [-0.39, 0.29) is 11.5 Å². The number of fused-ring (bicyclic) bond motifs is 2. The van der Waals surface area contributed by atoms with Crippen molar-refractivity contribution in [1.29, 1.82) is 0 Å². The number of halogens is 3. The van der Waals surface area contributed by atoms with Gasteiger partial charge in [-0.2, -0.15) is 24.5 Å². The molecule has 2 aliphatic rings. The van der Waals surface area contributed by atoms with Gasteiger partial charge in [-0.25, -0.2) is 0 Å². The smallest absolute Gasteiger partial charge is 0.385 e. The molecule has 3 rings (SSSR count). The molecular weight excluding hydrogens is 249 g/mol. The summed E-state index contributed by atoms with van der Waals surface area (Å²) in [5, 5.41) is 13.2. The van der Waals surface area contributed by atoms with Crippen molar-refractivity contribution in [1.82, 2.24) is 0 Å². The van der Waals surface area contributed by atoms with E-state index < -0.39 is 17.3 Å². The van der Waals surface area contributed by atoms with Gasteiger partial charge in [0.1, 0.15) is 0 Å². The number of rotatable bonds is 1. The molecule has 2 fully saturated rings. The van der Waals surface area contributed by atoms with Gasteiger partial charge in [-0.1, -0.05) is 0 Å². The van der Waals surface area contributed by atoms with Gasteiger partial charge >= 0.3 is 6.18 Å². The maximum Gasteiger partial charge on any atom is 0.417 e. The van der Waals surface area contributed by atoms with Gasteiger partial charge in [0.2, 0.25) is 0 Å². The minimum absolute atomic E-state index is 0.0169. The van der Waals surface area contributed by atoms with Crippen LogP contribution in [0.15, 0.2) is 10.8 Å². The lowest BCUT2D eigenvalue weighted by Crippen LogP contribution is -2.33. The number of hydrogen-bond donors (Lipinski definition) is 1. The Labute approximate surface area is 101 Å². The van der Waals surface area contributed by atoms with E-state index in [1.165, 1.54) is 5.38 Å². The summed E-state index contributed by atoms with van der Waals surface area (Å²) in [7, 11) is 0. The monoisotopic (exact) mass is 262 g/mol. The predicted octanol–water partition coefficient (Wildman–Crippen LogP) is 3.77. The van der Waals surface area contributed by atoms with Crippen LogP contribution in [0.4, 0.5) is 13.2 Å². The molecule has 1 heterocycles. The third kappa shape index (κ3) is 1.63. The summed E-state index contributed by atoms with van der Waals surface area (Å²) >= 11 is 1.03. The van der Waals surface area contributed by atoms with Gasteiger partial charge < -0.3 is 5.11 Å². The molecule has 1 nitrogen and oxygen atoms in total. The second-order valence-corrected chi connectivity index (χ2v) is 5.94. The fourth-order valence-corrected chi connectivity index (χ4v) is 4.41. The van der Waals surface area contributed by atoms with Gasteiger partial charge in [0.05, 0.1) is 11.2 Å². The van der Waals surface area contributed by atoms with E-state index in [0.29, 0.717) is 12.3 Å². The van der Waals surface area contributed by atoms with Crippen molar-refractivity contribution in [2.45, 2.75) is 37.5 Å². The zero-order chi connectivity index (χ0) is 12.3. The van der Waals surface area contributed by atoms with Crippen LogP contribution in [-0.4, -0.2) is 5.11 Å². The van der Waals surface area contributed by atoms with Gasteiger partial charge in [0, 0.05) is 10.9 Å². The van der Waals surface area contributed by atoms with Crippen LogP contribution in [0, 0.1) is 11.8 Å². The third-order valence-corrected chi connectivity index (χ3v) is 4.99. The van der Waals surface area contributed by atoms with Crippen LogP contribution in [0.2, 0.25) is 0 Å². The van der Waals surface area contributed by atoms with E-state index in [4.69, 9.17) is 0 Å². The van der Waals surface area contributed by atoms with Crippen molar-refractivity contribution in [3.05, 3.63) is 21.9 Å². The summed E-state index contributed by atoms with van der Waals surface area (Å²) in [4.78, 5) is 0. The fourth-order valence-electron chi connectivity index (χ4n) is 3.48. The highest BCUT2D eigenvalue weighted by molar-refractivity contribution is 7.08. The minimum atomic E-state index is -4.35. The molecule has 1 aromatic heterocycles. The largest absolute Gasteiger partial charge is 0.417 e. The van der Waals surface area contributed by atoms with Gasteiger partial charge in [-0.3, -0.25) is 0 Å². The summed E-state index contributed by atoms with van der Waals surface area (Å²) in [6.45, 7) is 0. The fraction of sp³-hybridized carbons (Fsp3) is 0.667. The number of aliphatic hydroxyl groups is 1. The molecular formula is C12H13F3OS. The first-order valence-electron chi connectivity index (χ1n) is 5.77. The van der Waals surface area contributed by atoms with Crippen LogP contribution in [0.3, 0.4) is 0 Å². The Morgan fingerprint density at radius 3 is 2.59 bits per heavy atom. The molecule has 0 aromatic carbocycles. The molecule has 5 heteroatoms. The molecule has 94 valence electrons. The minimum Gasteiger partial charge on any atom is -0.385 e. The van der Waals surface area contributed by atoms with E-state index >= 15 is 0 Å². The van der Waals surface area contributed by atoms with Crippen molar-refractivity contribution >= 4 is 11.3 Å². The van der Waals surface area contributed by atoms with Gasteiger partial charge in [0.15, 0.2) is 0 Å². The van der Waals surface area contributed by atoms with Gasteiger partial charge in [-0.05, 0) is 42.9 Å². The van der Waals surface area contributed by atoms with Crippen LogP contribution in [0.5, 0.6) is 0 Å². The molecule has 2 saturated carbocycles. The van der Waals surface area contributed by atoms with Gasteiger partial charge in [0.25, 0.3) is 0 Å². The molecule has 1 aromatic rings. The molecule has 2 aliphatic carbocycles. The molecule has 2 bridgehead atoms. The van der Waals surface area contributed by atoms with Crippen LogP contribution in [0.25, 0.3) is 0 Å². The molecule has 0 saturated heterocycles. The zero-order valence-corrected chi connectivity index (χ0v) is 9.94. The predicted molar refractivity (Wildman–Crippen MR) is 58.7 cm³/mol. The number of thiophene rings is 1. The number of hydrogen-bond acceptors (Lipinski definition) is 2. The van der Waals surface area contributed by atoms with E-state index in [0.717, 1.165) is 36.0 Å².